The highest BCUT2D eigenvalue weighted by Gasteiger charge is 2.45. The van der Waals surface area contributed by atoms with Crippen LogP contribution < -0.4 is 14.8 Å². The molecule has 2 aromatic carbocycles. The first kappa shape index (κ1) is 18.3. The van der Waals surface area contributed by atoms with Crippen LogP contribution in [-0.2, 0) is 10.6 Å². The molecule has 0 aliphatic carbocycles. The second-order valence-corrected chi connectivity index (χ2v) is 6.32. The Labute approximate surface area is 154 Å². The van der Waals surface area contributed by atoms with Gasteiger partial charge in [0.25, 0.3) is 5.79 Å². The Morgan fingerprint density at radius 2 is 1.54 bits per heavy atom. The molecule has 0 radical (unpaired) electrons. The molecular weight excluding hydrogens is 328 g/mol. The highest BCUT2D eigenvalue weighted by atomic mass is 16.7. The zero-order valence-electron chi connectivity index (χ0n) is 15.4. The molecule has 0 spiro atoms. The molecule has 0 fully saturated rings. The molecule has 1 heterocycles. The molecular formula is C21H26N2O3. The van der Waals surface area contributed by atoms with Gasteiger partial charge in [0.05, 0.1) is 0 Å². The summed E-state index contributed by atoms with van der Waals surface area (Å²) in [5.74, 6) is 0.109. The van der Waals surface area contributed by atoms with Gasteiger partial charge >= 0.3 is 0 Å². The Morgan fingerprint density at radius 3 is 2.12 bits per heavy atom. The zero-order chi connectivity index (χ0) is 18.4. The van der Waals surface area contributed by atoms with Crippen molar-refractivity contribution in [2.24, 2.45) is 0 Å². The molecule has 5 nitrogen and oxygen atoms in total. The van der Waals surface area contributed by atoms with Crippen molar-refractivity contribution in [2.45, 2.75) is 26.1 Å². The van der Waals surface area contributed by atoms with E-state index in [2.05, 4.69) is 24.1 Å². The monoisotopic (exact) mass is 354 g/mol. The second-order valence-electron chi connectivity index (χ2n) is 6.32. The molecule has 2 aromatic rings. The average molecular weight is 354 g/mol. The first-order valence-electron chi connectivity index (χ1n) is 9.18. The number of hydrogen-bond donors (Lipinski definition) is 1. The maximum Gasteiger partial charge on any atom is 0.287 e. The third-order valence-electron chi connectivity index (χ3n) is 4.65. The minimum atomic E-state index is -1.12. The van der Waals surface area contributed by atoms with Gasteiger partial charge in [-0.3, -0.25) is 4.79 Å². The quantitative estimate of drug-likeness (QED) is 0.791. The molecule has 1 N–H and O–H groups in total. The van der Waals surface area contributed by atoms with Crippen LogP contribution in [0.5, 0.6) is 11.5 Å². The van der Waals surface area contributed by atoms with E-state index in [0.717, 1.165) is 25.2 Å². The van der Waals surface area contributed by atoms with Crippen molar-refractivity contribution in [1.29, 1.82) is 0 Å². The van der Waals surface area contributed by atoms with Crippen LogP contribution >= 0.6 is 0 Å². The van der Waals surface area contributed by atoms with Crippen molar-refractivity contribution in [2.75, 3.05) is 26.2 Å². The van der Waals surface area contributed by atoms with Crippen LogP contribution in [0.4, 0.5) is 0 Å². The normalized spacial score (nSPS) is 14.4. The SMILES string of the molecule is CCN(CC)CCNC(=O)CC1(c2ccccc2)Oc2ccccc2O1. The molecule has 0 unspecified atom stereocenters. The number of nitrogens with one attached hydrogen (secondary N) is 1. The van der Waals surface area contributed by atoms with E-state index in [1.807, 2.05) is 54.6 Å². The lowest BCUT2D eigenvalue weighted by atomic mass is 10.0. The highest BCUT2D eigenvalue weighted by Crippen LogP contribution is 2.45. The van der Waals surface area contributed by atoms with Crippen LogP contribution in [0.1, 0.15) is 25.8 Å². The summed E-state index contributed by atoms with van der Waals surface area (Å²) in [5.41, 5.74) is 0.829. The predicted octanol–water partition coefficient (Wildman–Crippen LogP) is 3.16. The molecule has 0 bridgehead atoms. The number of nitrogens with zero attached hydrogens (tertiary/aromatic N) is 1. The van der Waals surface area contributed by atoms with E-state index in [1.165, 1.54) is 0 Å². The molecule has 5 heteroatoms. The summed E-state index contributed by atoms with van der Waals surface area (Å²) >= 11 is 0. The molecule has 0 saturated carbocycles. The van der Waals surface area contributed by atoms with Gasteiger partial charge in [-0.25, -0.2) is 0 Å². The zero-order valence-corrected chi connectivity index (χ0v) is 15.4. The lowest BCUT2D eigenvalue weighted by Crippen LogP contribution is -2.43. The Hall–Kier alpha value is -2.53. The Bertz CT molecular complexity index is 704. The Kier molecular flexibility index (Phi) is 5.78. The molecule has 0 saturated heterocycles. The van der Waals surface area contributed by atoms with Crippen LogP contribution in [0.3, 0.4) is 0 Å². The van der Waals surface area contributed by atoms with Crippen LogP contribution in [0.2, 0.25) is 0 Å². The number of amides is 1. The molecule has 26 heavy (non-hydrogen) atoms. The van der Waals surface area contributed by atoms with Crippen molar-refractivity contribution >= 4 is 5.91 Å². The summed E-state index contributed by atoms with van der Waals surface area (Å²) in [7, 11) is 0. The highest BCUT2D eigenvalue weighted by molar-refractivity contribution is 5.77. The number of fused-ring (bicyclic) bond motifs is 1. The lowest BCUT2D eigenvalue weighted by molar-refractivity contribution is -0.138. The predicted molar refractivity (Wildman–Crippen MR) is 101 cm³/mol. The van der Waals surface area contributed by atoms with Crippen molar-refractivity contribution in [3.63, 3.8) is 0 Å². The van der Waals surface area contributed by atoms with Crippen molar-refractivity contribution < 1.29 is 14.3 Å². The van der Waals surface area contributed by atoms with Crippen LogP contribution in [0.25, 0.3) is 0 Å². The minimum Gasteiger partial charge on any atom is -0.444 e. The number of hydrogen-bond acceptors (Lipinski definition) is 4. The summed E-state index contributed by atoms with van der Waals surface area (Å²) in [4.78, 5) is 14.9. The third-order valence-corrected chi connectivity index (χ3v) is 4.65. The van der Waals surface area contributed by atoms with Crippen LogP contribution in [0, 0.1) is 0 Å². The van der Waals surface area contributed by atoms with Gasteiger partial charge < -0.3 is 19.7 Å². The van der Waals surface area contributed by atoms with E-state index in [-0.39, 0.29) is 12.3 Å². The summed E-state index contributed by atoms with van der Waals surface area (Å²) in [6.07, 6.45) is 0.101. The number of carbonyl (C=O) groups is 1. The summed E-state index contributed by atoms with van der Waals surface area (Å²) in [6, 6.07) is 17.1. The van der Waals surface area contributed by atoms with E-state index in [1.54, 1.807) is 0 Å². The molecule has 138 valence electrons. The molecule has 3 rings (SSSR count). The molecule has 0 atom stereocenters. The van der Waals surface area contributed by atoms with Gasteiger partial charge in [-0.15, -0.1) is 0 Å². The molecule has 0 aromatic heterocycles. The van der Waals surface area contributed by atoms with E-state index in [9.17, 15) is 4.79 Å². The van der Waals surface area contributed by atoms with E-state index in [0.29, 0.717) is 18.0 Å². The van der Waals surface area contributed by atoms with Gasteiger partial charge in [-0.2, -0.15) is 0 Å². The number of rotatable bonds is 8. The summed E-state index contributed by atoms with van der Waals surface area (Å²) in [5, 5.41) is 2.99. The smallest absolute Gasteiger partial charge is 0.287 e. The van der Waals surface area contributed by atoms with Crippen molar-refractivity contribution in [3.05, 3.63) is 60.2 Å². The summed E-state index contributed by atoms with van der Waals surface area (Å²) in [6.45, 7) is 7.63. The molecule has 1 aliphatic rings. The fraction of sp³-hybridized carbons (Fsp3) is 0.381. The fourth-order valence-electron chi connectivity index (χ4n) is 3.15. The maximum atomic E-state index is 12.6. The molecule has 1 amide bonds. The van der Waals surface area contributed by atoms with Gasteiger partial charge in [-0.05, 0) is 25.2 Å². The van der Waals surface area contributed by atoms with Crippen molar-refractivity contribution in [1.82, 2.24) is 10.2 Å². The largest absolute Gasteiger partial charge is 0.444 e. The maximum absolute atomic E-state index is 12.6. The first-order valence-corrected chi connectivity index (χ1v) is 9.18. The van der Waals surface area contributed by atoms with Crippen molar-refractivity contribution in [3.8, 4) is 11.5 Å². The van der Waals surface area contributed by atoms with E-state index >= 15 is 0 Å². The number of benzene rings is 2. The second kappa shape index (κ2) is 8.23. The van der Waals surface area contributed by atoms with Crippen LogP contribution in [-0.4, -0.2) is 37.0 Å². The van der Waals surface area contributed by atoms with Gasteiger partial charge in [-0.1, -0.05) is 56.3 Å². The average Bonchev–Trinajstić information content (AvgIpc) is 3.05. The topological polar surface area (TPSA) is 50.8 Å². The first-order chi connectivity index (χ1) is 12.7. The standard InChI is InChI=1S/C21H26N2O3/c1-3-23(4-2)15-14-22-20(24)16-21(17-10-6-5-7-11-17)25-18-12-8-9-13-19(18)26-21/h5-13H,3-4,14-16H2,1-2H3,(H,22,24). The number of carbonyl (C=O) groups excluding carboxylic acids is 1. The van der Waals surface area contributed by atoms with Gasteiger partial charge in [0, 0.05) is 18.7 Å². The Balaban J connectivity index is 1.71. The summed E-state index contributed by atoms with van der Waals surface area (Å²) < 4.78 is 12.3. The molecule has 1 aliphatic heterocycles. The number of likely N-dealkylation sites (N-methyl/N-ethyl adjacent to an activating group) is 1. The van der Waals surface area contributed by atoms with Gasteiger partial charge in [0.15, 0.2) is 11.5 Å². The fourth-order valence-corrected chi connectivity index (χ4v) is 3.15. The number of para-hydroxylation sites is 2. The van der Waals surface area contributed by atoms with Gasteiger partial charge in [0.1, 0.15) is 6.42 Å². The van der Waals surface area contributed by atoms with Gasteiger partial charge in [0.2, 0.25) is 5.91 Å². The van der Waals surface area contributed by atoms with E-state index < -0.39 is 5.79 Å². The third kappa shape index (κ3) is 3.99. The van der Waals surface area contributed by atoms with E-state index in [4.69, 9.17) is 9.47 Å². The Morgan fingerprint density at radius 1 is 0.962 bits per heavy atom. The lowest BCUT2D eigenvalue weighted by Gasteiger charge is -2.28. The van der Waals surface area contributed by atoms with Crippen LogP contribution in [0.15, 0.2) is 54.6 Å². The minimum absolute atomic E-state index is 0.0891. The number of ether oxygens (including phenoxy) is 2.